The lowest BCUT2D eigenvalue weighted by molar-refractivity contribution is -0.132. The molecule has 1 saturated heterocycles. The molecule has 1 aliphatic heterocycles. The van der Waals surface area contributed by atoms with Crippen LogP contribution in [0.15, 0.2) is 77.9 Å². The second kappa shape index (κ2) is 10.3. The highest BCUT2D eigenvalue weighted by Gasteiger charge is 2.23. The summed E-state index contributed by atoms with van der Waals surface area (Å²) in [5.41, 5.74) is 2.73. The molecule has 0 atom stereocenters. The molecule has 0 saturated carbocycles. The normalized spacial score (nSPS) is 13.5. The summed E-state index contributed by atoms with van der Waals surface area (Å²) in [5.74, 6) is 1.26. The van der Waals surface area contributed by atoms with E-state index >= 15 is 0 Å². The van der Waals surface area contributed by atoms with Crippen LogP contribution in [0.1, 0.15) is 0 Å². The topological polar surface area (TPSA) is 106 Å². The number of ether oxygens (including phenoxy) is 1. The van der Waals surface area contributed by atoms with E-state index in [0.717, 1.165) is 22.6 Å². The summed E-state index contributed by atoms with van der Waals surface area (Å²) in [4.78, 5) is 33.3. The van der Waals surface area contributed by atoms with E-state index in [0.29, 0.717) is 37.6 Å². The van der Waals surface area contributed by atoms with Crippen LogP contribution in [0.2, 0.25) is 0 Å². The number of benzene rings is 1. The monoisotopic (exact) mass is 483 g/mol. The predicted octanol–water partition coefficient (Wildman–Crippen LogP) is 2.12. The standard InChI is InChI=1S/C26H25N7O3/c1-36-23-5-3-2-4-20(23)22-7-9-25(34)33(30-22)18-26(35)32-16-14-31(15-17-32)24-8-6-21(28-29-24)19-10-12-27-13-11-19/h2-13H,14-18H2,1H3. The zero-order chi connectivity index (χ0) is 24.9. The van der Waals surface area contributed by atoms with Crippen LogP contribution in [-0.4, -0.2) is 69.1 Å². The van der Waals surface area contributed by atoms with E-state index in [1.807, 2.05) is 48.5 Å². The van der Waals surface area contributed by atoms with Gasteiger partial charge in [0.15, 0.2) is 5.82 Å². The first-order valence-corrected chi connectivity index (χ1v) is 11.6. The molecule has 0 spiro atoms. The van der Waals surface area contributed by atoms with Gasteiger partial charge in [-0.15, -0.1) is 10.2 Å². The average molecular weight is 484 g/mol. The molecular weight excluding hydrogens is 458 g/mol. The first-order valence-electron chi connectivity index (χ1n) is 11.6. The quantitative estimate of drug-likeness (QED) is 0.411. The molecule has 0 unspecified atom stereocenters. The van der Waals surface area contributed by atoms with Crippen LogP contribution in [0.25, 0.3) is 22.5 Å². The fraction of sp³-hybridized carbons (Fsp3) is 0.231. The van der Waals surface area contributed by atoms with Crippen molar-refractivity contribution in [1.29, 1.82) is 0 Å². The number of hydrogen-bond acceptors (Lipinski definition) is 8. The third-order valence-electron chi connectivity index (χ3n) is 6.12. The summed E-state index contributed by atoms with van der Waals surface area (Å²) in [6.45, 7) is 2.17. The molecule has 36 heavy (non-hydrogen) atoms. The first-order chi connectivity index (χ1) is 17.6. The van der Waals surface area contributed by atoms with E-state index in [2.05, 4.69) is 25.2 Å². The lowest BCUT2D eigenvalue weighted by Gasteiger charge is -2.35. The van der Waals surface area contributed by atoms with E-state index in [1.54, 1.807) is 30.5 Å². The van der Waals surface area contributed by atoms with Gasteiger partial charge in [0.2, 0.25) is 5.91 Å². The van der Waals surface area contributed by atoms with Crippen LogP contribution >= 0.6 is 0 Å². The third-order valence-corrected chi connectivity index (χ3v) is 6.12. The van der Waals surface area contributed by atoms with Crippen molar-refractivity contribution in [3.8, 4) is 28.3 Å². The Kier molecular flexibility index (Phi) is 6.65. The molecule has 0 bridgehead atoms. The van der Waals surface area contributed by atoms with Gasteiger partial charge >= 0.3 is 0 Å². The highest BCUT2D eigenvalue weighted by molar-refractivity contribution is 5.76. The van der Waals surface area contributed by atoms with E-state index in [1.165, 1.54) is 10.7 Å². The Balaban J connectivity index is 1.22. The maximum absolute atomic E-state index is 13.0. The van der Waals surface area contributed by atoms with Gasteiger partial charge in [0.1, 0.15) is 12.3 Å². The van der Waals surface area contributed by atoms with Gasteiger partial charge in [-0.2, -0.15) is 5.10 Å². The summed E-state index contributed by atoms with van der Waals surface area (Å²) in [5, 5.41) is 13.1. The minimum Gasteiger partial charge on any atom is -0.496 e. The van der Waals surface area contributed by atoms with Crippen LogP contribution in [0, 0.1) is 0 Å². The van der Waals surface area contributed by atoms with Gasteiger partial charge in [-0.05, 0) is 42.5 Å². The fourth-order valence-corrected chi connectivity index (χ4v) is 4.15. The number of aromatic nitrogens is 5. The van der Waals surface area contributed by atoms with Crippen molar-refractivity contribution >= 4 is 11.7 Å². The molecule has 0 N–H and O–H groups in total. The lowest BCUT2D eigenvalue weighted by Crippen LogP contribution is -2.50. The number of pyridine rings is 1. The van der Waals surface area contributed by atoms with Crippen LogP contribution in [0.5, 0.6) is 5.75 Å². The second-order valence-electron chi connectivity index (χ2n) is 8.30. The maximum atomic E-state index is 13.0. The number of rotatable bonds is 6. The molecule has 4 aromatic rings. The molecule has 3 aromatic heterocycles. The molecule has 1 fully saturated rings. The van der Waals surface area contributed by atoms with E-state index in [-0.39, 0.29) is 18.0 Å². The predicted molar refractivity (Wildman–Crippen MR) is 135 cm³/mol. The SMILES string of the molecule is COc1ccccc1-c1ccc(=O)n(CC(=O)N2CCN(c3ccc(-c4ccncc4)nn3)CC2)n1. The molecule has 4 heterocycles. The molecular formula is C26H25N7O3. The van der Waals surface area contributed by atoms with Crippen molar-refractivity contribution in [1.82, 2.24) is 29.9 Å². The first kappa shape index (κ1) is 23.2. The molecule has 10 nitrogen and oxygen atoms in total. The molecule has 1 amide bonds. The number of hydrogen-bond donors (Lipinski definition) is 0. The Labute approximate surface area is 207 Å². The Morgan fingerprint density at radius 2 is 1.64 bits per heavy atom. The van der Waals surface area contributed by atoms with Gasteiger partial charge in [-0.3, -0.25) is 14.6 Å². The van der Waals surface area contributed by atoms with Crippen molar-refractivity contribution in [3.05, 3.63) is 83.4 Å². The van der Waals surface area contributed by atoms with Crippen LogP contribution in [-0.2, 0) is 11.3 Å². The zero-order valence-electron chi connectivity index (χ0n) is 19.8. The van der Waals surface area contributed by atoms with Gasteiger partial charge in [0.05, 0.1) is 18.5 Å². The Bertz CT molecular complexity index is 1400. The second-order valence-corrected chi connectivity index (χ2v) is 8.30. The van der Waals surface area contributed by atoms with Crippen molar-refractivity contribution in [2.24, 2.45) is 0 Å². The largest absolute Gasteiger partial charge is 0.496 e. The van der Waals surface area contributed by atoms with Crippen LogP contribution < -0.4 is 15.2 Å². The number of carbonyl (C=O) groups is 1. The number of para-hydroxylation sites is 1. The van der Waals surface area contributed by atoms with Gasteiger partial charge in [0.25, 0.3) is 5.56 Å². The minimum atomic E-state index is -0.329. The summed E-state index contributed by atoms with van der Waals surface area (Å²) in [7, 11) is 1.58. The zero-order valence-corrected chi connectivity index (χ0v) is 19.8. The number of amides is 1. The highest BCUT2D eigenvalue weighted by Crippen LogP contribution is 2.27. The molecule has 1 aromatic carbocycles. The molecule has 0 aliphatic carbocycles. The van der Waals surface area contributed by atoms with Gasteiger partial charge in [0, 0.05) is 55.8 Å². The smallest absolute Gasteiger partial charge is 0.267 e. The minimum absolute atomic E-state index is 0.123. The maximum Gasteiger partial charge on any atom is 0.267 e. The molecule has 0 radical (unpaired) electrons. The Hall–Kier alpha value is -4.60. The Morgan fingerprint density at radius 1 is 0.889 bits per heavy atom. The Morgan fingerprint density at radius 3 is 2.36 bits per heavy atom. The number of carbonyl (C=O) groups excluding carboxylic acids is 1. The molecule has 1 aliphatic rings. The molecule has 5 rings (SSSR count). The summed E-state index contributed by atoms with van der Waals surface area (Å²) < 4.78 is 6.61. The van der Waals surface area contributed by atoms with E-state index in [4.69, 9.17) is 4.74 Å². The van der Waals surface area contributed by atoms with Crippen molar-refractivity contribution in [3.63, 3.8) is 0 Å². The van der Waals surface area contributed by atoms with Gasteiger partial charge in [-0.25, -0.2) is 4.68 Å². The molecule has 182 valence electrons. The van der Waals surface area contributed by atoms with Gasteiger partial charge < -0.3 is 14.5 Å². The van der Waals surface area contributed by atoms with Crippen LogP contribution in [0.3, 0.4) is 0 Å². The van der Waals surface area contributed by atoms with Gasteiger partial charge in [-0.1, -0.05) is 12.1 Å². The van der Waals surface area contributed by atoms with Crippen molar-refractivity contribution in [2.45, 2.75) is 6.54 Å². The van der Waals surface area contributed by atoms with Crippen LogP contribution in [0.4, 0.5) is 5.82 Å². The fourth-order valence-electron chi connectivity index (χ4n) is 4.15. The third kappa shape index (κ3) is 4.92. The summed E-state index contributed by atoms with van der Waals surface area (Å²) in [6, 6.07) is 18.1. The lowest BCUT2D eigenvalue weighted by atomic mass is 10.1. The average Bonchev–Trinajstić information content (AvgIpc) is 2.95. The summed E-state index contributed by atoms with van der Waals surface area (Å²) >= 11 is 0. The van der Waals surface area contributed by atoms with E-state index < -0.39 is 0 Å². The number of methoxy groups -OCH3 is 1. The highest BCUT2D eigenvalue weighted by atomic mass is 16.5. The summed E-state index contributed by atoms with van der Waals surface area (Å²) in [6.07, 6.45) is 3.44. The molecule has 10 heteroatoms. The number of nitrogens with zero attached hydrogens (tertiary/aromatic N) is 7. The van der Waals surface area contributed by atoms with Crippen molar-refractivity contribution < 1.29 is 9.53 Å². The number of anilines is 1. The number of piperazine rings is 1. The van der Waals surface area contributed by atoms with Crippen molar-refractivity contribution in [2.75, 3.05) is 38.2 Å². The van der Waals surface area contributed by atoms with E-state index in [9.17, 15) is 9.59 Å².